The van der Waals surface area contributed by atoms with Gasteiger partial charge in [-0.2, -0.15) is 0 Å². The Hall–Kier alpha value is -3.15. The fraction of sp³-hybridized carbons (Fsp3) is 0.250. The number of benzene rings is 2. The molecule has 0 bridgehead atoms. The summed E-state index contributed by atoms with van der Waals surface area (Å²) in [6.45, 7) is 5.30. The van der Waals surface area contributed by atoms with Crippen LogP contribution < -0.4 is 5.43 Å². The number of ketones is 2. The zero-order valence-corrected chi connectivity index (χ0v) is 15.1. The van der Waals surface area contributed by atoms with Gasteiger partial charge in [0, 0.05) is 23.7 Å². The first kappa shape index (κ1) is 17.7. The third-order valence-corrected chi connectivity index (χ3v) is 3.91. The summed E-state index contributed by atoms with van der Waals surface area (Å²) >= 11 is 0. The van der Waals surface area contributed by atoms with Crippen molar-refractivity contribution < 1.29 is 19.1 Å². The lowest BCUT2D eigenvalue weighted by molar-refractivity contribution is 0.0338. The average molecular weight is 352 g/mol. The number of anilines is 1. The Labute approximate surface area is 151 Å². The molecule has 0 heterocycles. The van der Waals surface area contributed by atoms with Crippen molar-refractivity contribution in [3.05, 3.63) is 64.7 Å². The van der Waals surface area contributed by atoms with Crippen LogP contribution in [0.2, 0.25) is 0 Å². The number of rotatable bonds is 2. The number of fused-ring (bicyclic) bond motifs is 2. The predicted octanol–water partition coefficient (Wildman–Crippen LogP) is 3.66. The van der Waals surface area contributed by atoms with E-state index in [-0.39, 0.29) is 17.1 Å². The maximum Gasteiger partial charge on any atom is 0.428 e. The van der Waals surface area contributed by atoms with E-state index in [1.807, 2.05) is 0 Å². The highest BCUT2D eigenvalue weighted by Gasteiger charge is 2.32. The highest BCUT2D eigenvalue weighted by Crippen LogP contribution is 2.32. The normalized spacial score (nSPS) is 12.9. The van der Waals surface area contributed by atoms with Crippen molar-refractivity contribution in [2.75, 3.05) is 12.5 Å². The lowest BCUT2D eigenvalue weighted by Gasteiger charge is -2.27. The van der Waals surface area contributed by atoms with E-state index < -0.39 is 11.7 Å². The van der Waals surface area contributed by atoms with Crippen LogP contribution in [0, 0.1) is 0 Å². The Morgan fingerprint density at radius 1 is 0.923 bits per heavy atom. The second kappa shape index (κ2) is 6.29. The smallest absolute Gasteiger partial charge is 0.428 e. The summed E-state index contributed by atoms with van der Waals surface area (Å²) in [6, 6.07) is 11.7. The molecule has 1 aliphatic rings. The first-order chi connectivity index (χ1) is 12.2. The molecule has 26 heavy (non-hydrogen) atoms. The highest BCUT2D eigenvalue weighted by molar-refractivity contribution is 6.30. The van der Waals surface area contributed by atoms with Crippen LogP contribution in [0.3, 0.4) is 0 Å². The number of hydrazine groups is 1. The van der Waals surface area contributed by atoms with Crippen molar-refractivity contribution in [3.63, 3.8) is 0 Å². The van der Waals surface area contributed by atoms with Gasteiger partial charge in [0.1, 0.15) is 5.60 Å². The fourth-order valence-electron chi connectivity index (χ4n) is 2.79. The Balaban J connectivity index is 1.96. The maximum absolute atomic E-state index is 12.9. The van der Waals surface area contributed by atoms with Crippen LogP contribution in [0.15, 0.2) is 42.5 Å². The minimum absolute atomic E-state index is 0.209. The molecule has 0 atom stereocenters. The summed E-state index contributed by atoms with van der Waals surface area (Å²) in [5, 5.41) is 1.15. The van der Waals surface area contributed by atoms with Crippen molar-refractivity contribution in [2.24, 2.45) is 0 Å². The van der Waals surface area contributed by atoms with Crippen LogP contribution in [0.25, 0.3) is 0 Å². The Morgan fingerprint density at radius 3 is 2.12 bits per heavy atom. The maximum atomic E-state index is 12.9. The number of carbonyl (C=O) groups is 3. The van der Waals surface area contributed by atoms with Gasteiger partial charge in [-0.1, -0.05) is 36.4 Å². The van der Waals surface area contributed by atoms with E-state index in [1.165, 1.54) is 7.05 Å². The molecule has 134 valence electrons. The lowest BCUT2D eigenvalue weighted by atomic mass is 9.83. The molecule has 6 nitrogen and oxygen atoms in total. The topological polar surface area (TPSA) is 75.7 Å². The minimum Gasteiger partial charge on any atom is -0.442 e. The van der Waals surface area contributed by atoms with Gasteiger partial charge in [-0.25, -0.2) is 9.80 Å². The summed E-state index contributed by atoms with van der Waals surface area (Å²) in [6.07, 6.45) is -0.593. The van der Waals surface area contributed by atoms with Gasteiger partial charge in [0.15, 0.2) is 11.6 Å². The molecule has 0 radical (unpaired) electrons. The molecule has 0 aliphatic heterocycles. The van der Waals surface area contributed by atoms with Gasteiger partial charge in [0.2, 0.25) is 0 Å². The summed E-state index contributed by atoms with van der Waals surface area (Å²) in [5.41, 5.74) is 3.92. The zero-order chi connectivity index (χ0) is 19.1. The van der Waals surface area contributed by atoms with E-state index in [1.54, 1.807) is 63.2 Å². The van der Waals surface area contributed by atoms with Gasteiger partial charge in [-0.15, -0.1) is 0 Å². The molecule has 0 spiro atoms. The second-order valence-corrected chi connectivity index (χ2v) is 7.08. The molecule has 0 saturated carbocycles. The molecule has 6 heteroatoms. The Kier molecular flexibility index (Phi) is 4.28. The molecule has 1 aliphatic carbocycles. The van der Waals surface area contributed by atoms with Crippen molar-refractivity contribution in [1.29, 1.82) is 0 Å². The first-order valence-corrected chi connectivity index (χ1v) is 8.24. The molecule has 0 unspecified atom stereocenters. The summed E-state index contributed by atoms with van der Waals surface area (Å²) in [5.74, 6) is -0.463. The minimum atomic E-state index is -0.645. The number of amides is 1. The lowest BCUT2D eigenvalue weighted by Crippen LogP contribution is -2.38. The van der Waals surface area contributed by atoms with Crippen LogP contribution in [0.5, 0.6) is 0 Å². The fourth-order valence-corrected chi connectivity index (χ4v) is 2.79. The summed E-state index contributed by atoms with van der Waals surface area (Å²) in [4.78, 5) is 37.8. The molecule has 2 aromatic carbocycles. The number of hydrogen-bond donors (Lipinski definition) is 1. The van der Waals surface area contributed by atoms with E-state index in [0.717, 1.165) is 5.01 Å². The third-order valence-electron chi connectivity index (χ3n) is 3.91. The molecule has 0 aromatic heterocycles. The molecule has 3 rings (SSSR count). The zero-order valence-electron chi connectivity index (χ0n) is 15.1. The largest absolute Gasteiger partial charge is 0.442 e. The van der Waals surface area contributed by atoms with Crippen molar-refractivity contribution in [3.8, 4) is 0 Å². The molecule has 1 amide bonds. The van der Waals surface area contributed by atoms with Crippen LogP contribution in [0.4, 0.5) is 10.5 Å². The molecular formula is C20H20N2O4. The van der Waals surface area contributed by atoms with Gasteiger partial charge in [0.25, 0.3) is 0 Å². The van der Waals surface area contributed by atoms with E-state index >= 15 is 0 Å². The monoisotopic (exact) mass is 352 g/mol. The van der Waals surface area contributed by atoms with E-state index in [0.29, 0.717) is 22.4 Å². The quantitative estimate of drug-likeness (QED) is 0.713. The molecule has 0 saturated heterocycles. The number of carbonyl (C=O) groups excluding carboxylic acids is 3. The number of nitrogens with zero attached hydrogens (tertiary/aromatic N) is 1. The van der Waals surface area contributed by atoms with Crippen molar-refractivity contribution in [1.82, 2.24) is 5.01 Å². The number of nitrogens with one attached hydrogen (secondary N) is 1. The second-order valence-electron chi connectivity index (χ2n) is 7.08. The molecule has 0 fully saturated rings. The van der Waals surface area contributed by atoms with Gasteiger partial charge < -0.3 is 4.74 Å². The van der Waals surface area contributed by atoms with E-state index in [2.05, 4.69) is 5.43 Å². The first-order valence-electron chi connectivity index (χ1n) is 8.24. The highest BCUT2D eigenvalue weighted by atomic mass is 16.6. The van der Waals surface area contributed by atoms with Crippen LogP contribution in [-0.2, 0) is 4.74 Å². The third kappa shape index (κ3) is 3.18. The van der Waals surface area contributed by atoms with Gasteiger partial charge >= 0.3 is 6.09 Å². The van der Waals surface area contributed by atoms with Crippen LogP contribution in [0.1, 0.15) is 52.6 Å². The predicted molar refractivity (Wildman–Crippen MR) is 97.4 cm³/mol. The van der Waals surface area contributed by atoms with Crippen molar-refractivity contribution in [2.45, 2.75) is 26.4 Å². The van der Waals surface area contributed by atoms with E-state index in [9.17, 15) is 14.4 Å². The standard InChI is InChI=1S/C20H20N2O4/c1-20(2,3)26-19(25)22(4)21-15-11-7-10-14-16(15)18(24)13-9-6-5-8-12(13)17(14)23/h5-11,21H,1-4H3. The van der Waals surface area contributed by atoms with Gasteiger partial charge in [-0.05, 0) is 26.8 Å². The Morgan fingerprint density at radius 2 is 1.50 bits per heavy atom. The molecular weight excluding hydrogens is 332 g/mol. The SMILES string of the molecule is CN(Nc1cccc2c1C(=O)c1ccccc1C2=O)C(=O)OC(C)(C)C. The summed E-state index contributed by atoms with van der Waals surface area (Å²) in [7, 11) is 1.50. The van der Waals surface area contributed by atoms with Crippen LogP contribution in [-0.4, -0.2) is 35.3 Å². The molecule has 1 N–H and O–H groups in total. The number of hydrogen-bond acceptors (Lipinski definition) is 5. The van der Waals surface area contributed by atoms with E-state index in [4.69, 9.17) is 4.74 Å². The van der Waals surface area contributed by atoms with Crippen molar-refractivity contribution >= 4 is 23.3 Å². The average Bonchev–Trinajstić information content (AvgIpc) is 2.58. The molecule has 2 aromatic rings. The van der Waals surface area contributed by atoms with Crippen LogP contribution >= 0.6 is 0 Å². The van der Waals surface area contributed by atoms with Gasteiger partial charge in [-0.3, -0.25) is 15.0 Å². The Bertz CT molecular complexity index is 912. The summed E-state index contributed by atoms with van der Waals surface area (Å²) < 4.78 is 5.29. The number of ether oxygens (including phenoxy) is 1. The van der Waals surface area contributed by atoms with Gasteiger partial charge in [0.05, 0.1) is 11.3 Å².